The number of aryl methyl sites for hydroxylation is 2. The van der Waals surface area contributed by atoms with E-state index in [1.165, 1.54) is 6.20 Å². The number of nitriles is 1. The molecule has 0 saturated heterocycles. The average Bonchev–Trinajstić information content (AvgIpc) is 3.34. The van der Waals surface area contributed by atoms with Crippen LogP contribution in [0, 0.1) is 11.3 Å². The SMILES string of the molecule is CC.CC(Nc1nc(Cl)ncc1C#N)c1nc2ccn(C)c2cc1-c1ccnn1C. The number of halogens is 1. The second kappa shape index (κ2) is 8.93. The predicted molar refractivity (Wildman–Crippen MR) is 118 cm³/mol. The molecule has 8 nitrogen and oxygen atoms in total. The van der Waals surface area contributed by atoms with Crippen molar-refractivity contribution in [1.82, 2.24) is 29.3 Å². The Morgan fingerprint density at radius 3 is 2.63 bits per heavy atom. The maximum absolute atomic E-state index is 9.34. The lowest BCUT2D eigenvalue weighted by molar-refractivity contribution is 0.769. The molecule has 9 heteroatoms. The first kappa shape index (κ1) is 21.3. The van der Waals surface area contributed by atoms with Crippen molar-refractivity contribution in [2.24, 2.45) is 14.1 Å². The quantitative estimate of drug-likeness (QED) is 0.486. The van der Waals surface area contributed by atoms with Crippen molar-refractivity contribution in [2.75, 3.05) is 5.32 Å². The molecule has 4 rings (SSSR count). The van der Waals surface area contributed by atoms with Gasteiger partial charge in [-0.3, -0.25) is 4.68 Å². The molecule has 154 valence electrons. The number of nitrogens with zero attached hydrogens (tertiary/aromatic N) is 7. The summed E-state index contributed by atoms with van der Waals surface area (Å²) in [6, 6.07) is 7.86. The molecule has 0 aromatic carbocycles. The van der Waals surface area contributed by atoms with Gasteiger partial charge in [0, 0.05) is 32.1 Å². The van der Waals surface area contributed by atoms with E-state index in [0.717, 1.165) is 28.0 Å². The highest BCUT2D eigenvalue weighted by atomic mass is 35.5. The topological polar surface area (TPSA) is 97.2 Å². The molecule has 0 aliphatic rings. The molecule has 0 aliphatic carbocycles. The number of hydrogen-bond donors (Lipinski definition) is 1. The van der Waals surface area contributed by atoms with Crippen molar-refractivity contribution in [2.45, 2.75) is 26.8 Å². The summed E-state index contributed by atoms with van der Waals surface area (Å²) in [4.78, 5) is 12.9. The third-order valence-corrected chi connectivity index (χ3v) is 4.82. The molecule has 0 radical (unpaired) electrons. The summed E-state index contributed by atoms with van der Waals surface area (Å²) < 4.78 is 3.84. The Balaban J connectivity index is 0.00000124. The highest BCUT2D eigenvalue weighted by molar-refractivity contribution is 6.28. The van der Waals surface area contributed by atoms with Gasteiger partial charge in [-0.15, -0.1) is 0 Å². The fraction of sp³-hybridized carbons (Fsp3) is 0.286. The van der Waals surface area contributed by atoms with Gasteiger partial charge in [-0.1, -0.05) is 13.8 Å². The first-order valence-electron chi connectivity index (χ1n) is 9.61. The largest absolute Gasteiger partial charge is 0.361 e. The van der Waals surface area contributed by atoms with Gasteiger partial charge in [0.2, 0.25) is 5.28 Å². The van der Waals surface area contributed by atoms with Crippen molar-refractivity contribution in [3.05, 3.63) is 53.3 Å². The molecule has 0 fully saturated rings. The van der Waals surface area contributed by atoms with Crippen molar-refractivity contribution in [3.8, 4) is 17.3 Å². The van der Waals surface area contributed by atoms with Gasteiger partial charge < -0.3 is 9.88 Å². The zero-order valence-electron chi connectivity index (χ0n) is 17.5. The third kappa shape index (κ3) is 3.98. The Morgan fingerprint density at radius 2 is 1.97 bits per heavy atom. The van der Waals surface area contributed by atoms with Crippen LogP contribution in [0.2, 0.25) is 5.28 Å². The van der Waals surface area contributed by atoms with Crippen molar-refractivity contribution in [3.63, 3.8) is 0 Å². The Bertz CT molecular complexity index is 1220. The van der Waals surface area contributed by atoms with E-state index in [2.05, 4.69) is 32.5 Å². The van der Waals surface area contributed by atoms with Gasteiger partial charge in [-0.05, 0) is 36.7 Å². The van der Waals surface area contributed by atoms with Gasteiger partial charge in [0.05, 0.1) is 34.7 Å². The molecule has 0 amide bonds. The second-order valence-corrected chi connectivity index (χ2v) is 6.81. The first-order chi connectivity index (χ1) is 14.5. The number of anilines is 1. The van der Waals surface area contributed by atoms with Gasteiger partial charge >= 0.3 is 0 Å². The van der Waals surface area contributed by atoms with Crippen molar-refractivity contribution in [1.29, 1.82) is 5.26 Å². The van der Waals surface area contributed by atoms with E-state index < -0.39 is 0 Å². The summed E-state index contributed by atoms with van der Waals surface area (Å²) in [7, 11) is 3.88. The van der Waals surface area contributed by atoms with E-state index in [-0.39, 0.29) is 11.3 Å². The van der Waals surface area contributed by atoms with Crippen LogP contribution in [0.3, 0.4) is 0 Å². The van der Waals surface area contributed by atoms with Crippen LogP contribution in [0.1, 0.15) is 38.1 Å². The highest BCUT2D eigenvalue weighted by Crippen LogP contribution is 2.32. The Morgan fingerprint density at radius 1 is 1.20 bits per heavy atom. The zero-order chi connectivity index (χ0) is 21.8. The Hall–Kier alpha value is -3.44. The minimum atomic E-state index is -0.243. The normalized spacial score (nSPS) is 11.5. The van der Waals surface area contributed by atoms with Gasteiger partial charge in [-0.25, -0.2) is 9.97 Å². The Labute approximate surface area is 180 Å². The van der Waals surface area contributed by atoms with E-state index >= 15 is 0 Å². The van der Waals surface area contributed by atoms with Crippen LogP contribution >= 0.6 is 11.6 Å². The van der Waals surface area contributed by atoms with Crippen LogP contribution < -0.4 is 5.32 Å². The molecule has 0 spiro atoms. The van der Waals surface area contributed by atoms with Gasteiger partial charge in [0.15, 0.2) is 0 Å². The number of hydrogen-bond acceptors (Lipinski definition) is 6. The summed E-state index contributed by atoms with van der Waals surface area (Å²) in [6.07, 6.45) is 5.13. The number of aromatic nitrogens is 6. The monoisotopic (exact) mass is 422 g/mol. The molecule has 0 aliphatic heterocycles. The average molecular weight is 423 g/mol. The highest BCUT2D eigenvalue weighted by Gasteiger charge is 2.20. The lowest BCUT2D eigenvalue weighted by Crippen LogP contribution is -2.13. The van der Waals surface area contributed by atoms with E-state index in [4.69, 9.17) is 16.6 Å². The first-order valence-corrected chi connectivity index (χ1v) is 9.99. The molecule has 30 heavy (non-hydrogen) atoms. The smallest absolute Gasteiger partial charge is 0.224 e. The van der Waals surface area contributed by atoms with Crippen LogP contribution in [0.5, 0.6) is 0 Å². The fourth-order valence-corrected chi connectivity index (χ4v) is 3.33. The van der Waals surface area contributed by atoms with Crippen LogP contribution in [-0.2, 0) is 14.1 Å². The molecule has 4 aromatic rings. The minimum absolute atomic E-state index is 0.0760. The van der Waals surface area contributed by atoms with E-state index in [1.54, 1.807) is 6.20 Å². The third-order valence-electron chi connectivity index (χ3n) is 4.64. The van der Waals surface area contributed by atoms with E-state index in [9.17, 15) is 5.26 Å². The molecule has 1 atom stereocenters. The molecule has 1 N–H and O–H groups in total. The summed E-state index contributed by atoms with van der Waals surface area (Å²) in [5, 5.41) is 17.0. The molecular weight excluding hydrogens is 400 g/mol. The molecule has 4 aromatic heterocycles. The zero-order valence-corrected chi connectivity index (χ0v) is 18.3. The number of nitrogens with one attached hydrogen (secondary N) is 1. The van der Waals surface area contributed by atoms with E-state index in [0.29, 0.717) is 11.4 Å². The van der Waals surface area contributed by atoms with Gasteiger partial charge in [0.25, 0.3) is 0 Å². The molecular formula is C21H23ClN8. The fourth-order valence-electron chi connectivity index (χ4n) is 3.20. The van der Waals surface area contributed by atoms with Crippen molar-refractivity contribution >= 4 is 28.5 Å². The summed E-state index contributed by atoms with van der Waals surface area (Å²) in [5.41, 5.74) is 4.95. The van der Waals surface area contributed by atoms with Crippen LogP contribution in [-0.4, -0.2) is 29.3 Å². The summed E-state index contributed by atoms with van der Waals surface area (Å²) in [6.45, 7) is 5.97. The van der Waals surface area contributed by atoms with Gasteiger partial charge in [0.1, 0.15) is 17.5 Å². The van der Waals surface area contributed by atoms with Crippen LogP contribution in [0.25, 0.3) is 22.3 Å². The van der Waals surface area contributed by atoms with Crippen LogP contribution in [0.15, 0.2) is 36.8 Å². The summed E-state index contributed by atoms with van der Waals surface area (Å²) >= 11 is 5.92. The maximum atomic E-state index is 9.34. The Kier molecular flexibility index (Phi) is 6.33. The minimum Gasteiger partial charge on any atom is -0.361 e. The number of fused-ring (bicyclic) bond motifs is 1. The molecule has 0 saturated carbocycles. The lowest BCUT2D eigenvalue weighted by Gasteiger charge is -2.19. The maximum Gasteiger partial charge on any atom is 0.224 e. The molecule has 0 bridgehead atoms. The van der Waals surface area contributed by atoms with Gasteiger partial charge in [-0.2, -0.15) is 15.3 Å². The standard InChI is InChI=1S/C19H17ClN8.C2H6/c1-11(24-18-12(9-21)10-22-19(20)26-18)17-13(15-4-6-23-28(15)3)8-16-14(25-17)5-7-27(16)2;1-2/h4-8,10-11H,1-3H3,(H,22,24,26);1-2H3. The van der Waals surface area contributed by atoms with Crippen LogP contribution in [0.4, 0.5) is 5.82 Å². The van der Waals surface area contributed by atoms with E-state index in [1.807, 2.05) is 62.4 Å². The molecule has 1 unspecified atom stereocenters. The summed E-state index contributed by atoms with van der Waals surface area (Å²) in [5.74, 6) is 0.376. The molecule has 4 heterocycles. The lowest BCUT2D eigenvalue weighted by atomic mass is 10.0. The second-order valence-electron chi connectivity index (χ2n) is 6.47. The number of rotatable bonds is 4. The van der Waals surface area contributed by atoms with Crippen molar-refractivity contribution < 1.29 is 0 Å². The predicted octanol–water partition coefficient (Wildman–Crippen LogP) is 4.49. The number of pyridine rings is 1.